The summed E-state index contributed by atoms with van der Waals surface area (Å²) in [5.41, 5.74) is 4.56. The molecule has 0 aliphatic carbocycles. The van der Waals surface area contributed by atoms with Crippen molar-refractivity contribution >= 4 is 12.0 Å². The fourth-order valence-corrected chi connectivity index (χ4v) is 3.93. The van der Waals surface area contributed by atoms with Crippen molar-refractivity contribution in [1.82, 2.24) is 9.88 Å². The second-order valence-electron chi connectivity index (χ2n) is 8.18. The van der Waals surface area contributed by atoms with Crippen molar-refractivity contribution in [3.63, 3.8) is 0 Å². The summed E-state index contributed by atoms with van der Waals surface area (Å²) in [7, 11) is 3.36. The van der Waals surface area contributed by atoms with Crippen molar-refractivity contribution in [3.05, 3.63) is 95.8 Å². The second kappa shape index (κ2) is 13.8. The normalized spacial score (nSPS) is 10.4. The predicted octanol–water partition coefficient (Wildman–Crippen LogP) is 5.79. The van der Waals surface area contributed by atoms with Crippen molar-refractivity contribution in [2.75, 3.05) is 27.3 Å². The Balaban J connectivity index is 1.58. The molecule has 5 nitrogen and oxygen atoms in total. The summed E-state index contributed by atoms with van der Waals surface area (Å²) < 4.78 is 10.9. The van der Waals surface area contributed by atoms with Crippen molar-refractivity contribution < 1.29 is 14.3 Å². The molecule has 0 aliphatic heterocycles. The highest BCUT2D eigenvalue weighted by molar-refractivity contribution is 5.80. The van der Waals surface area contributed by atoms with Crippen molar-refractivity contribution in [3.8, 4) is 11.5 Å². The summed E-state index contributed by atoms with van der Waals surface area (Å²) in [6.45, 7) is 1.53. The first-order chi connectivity index (χ1) is 16.7. The predicted molar refractivity (Wildman–Crippen MR) is 137 cm³/mol. The molecule has 0 atom stereocenters. The first-order valence-electron chi connectivity index (χ1n) is 11.8. The van der Waals surface area contributed by atoms with Gasteiger partial charge in [-0.25, -0.2) is 0 Å². The van der Waals surface area contributed by atoms with E-state index in [4.69, 9.17) is 9.47 Å². The lowest BCUT2D eigenvalue weighted by Crippen LogP contribution is -2.24. The molecule has 1 amide bonds. The van der Waals surface area contributed by atoms with Gasteiger partial charge in [0, 0.05) is 25.5 Å². The van der Waals surface area contributed by atoms with Gasteiger partial charge >= 0.3 is 0 Å². The third-order valence-corrected chi connectivity index (χ3v) is 5.79. The number of benzene rings is 2. The summed E-state index contributed by atoms with van der Waals surface area (Å²) in [5.74, 6) is 1.65. The van der Waals surface area contributed by atoms with Crippen LogP contribution in [0.4, 0.5) is 0 Å². The lowest BCUT2D eigenvalue weighted by Gasteiger charge is -2.17. The van der Waals surface area contributed by atoms with Crippen LogP contribution in [0, 0.1) is 0 Å². The number of allylic oxidation sites excluding steroid dienone is 1. The van der Waals surface area contributed by atoms with E-state index in [0.717, 1.165) is 79.8 Å². The first kappa shape index (κ1) is 25.0. The summed E-state index contributed by atoms with van der Waals surface area (Å²) in [4.78, 5) is 17.6. The van der Waals surface area contributed by atoms with Crippen LogP contribution in [-0.2, 0) is 11.2 Å². The zero-order valence-electron chi connectivity index (χ0n) is 20.2. The zero-order chi connectivity index (χ0) is 24.0. The topological polar surface area (TPSA) is 51.7 Å². The molecule has 0 saturated heterocycles. The largest absolute Gasteiger partial charge is 0.497 e. The number of rotatable bonds is 14. The molecule has 2 aromatic carbocycles. The second-order valence-corrected chi connectivity index (χ2v) is 8.18. The Kier molecular flexibility index (Phi) is 10.2. The van der Waals surface area contributed by atoms with Gasteiger partial charge in [-0.15, -0.1) is 0 Å². The van der Waals surface area contributed by atoms with Gasteiger partial charge in [-0.05, 0) is 84.7 Å². The molecule has 0 spiro atoms. The van der Waals surface area contributed by atoms with Gasteiger partial charge in [-0.2, -0.15) is 0 Å². The Hall–Kier alpha value is -3.60. The molecule has 1 heterocycles. The highest BCUT2D eigenvalue weighted by atomic mass is 16.5. The van der Waals surface area contributed by atoms with Crippen LogP contribution in [0.25, 0.3) is 5.57 Å². The van der Waals surface area contributed by atoms with Crippen molar-refractivity contribution in [1.29, 1.82) is 0 Å². The molecule has 34 heavy (non-hydrogen) atoms. The number of ether oxygens (including phenoxy) is 2. The van der Waals surface area contributed by atoms with E-state index in [9.17, 15) is 4.79 Å². The average Bonchev–Trinajstić information content (AvgIpc) is 2.90. The molecular weight excluding hydrogens is 424 g/mol. The zero-order valence-corrected chi connectivity index (χ0v) is 20.2. The molecular formula is C29H34N2O3. The van der Waals surface area contributed by atoms with Crippen LogP contribution in [0.2, 0.25) is 0 Å². The molecule has 0 N–H and O–H groups in total. The number of carbonyl (C=O) groups excluding carboxylic acids is 1. The van der Waals surface area contributed by atoms with Crippen LogP contribution in [0.3, 0.4) is 0 Å². The van der Waals surface area contributed by atoms with Gasteiger partial charge in [0.1, 0.15) is 11.5 Å². The SMILES string of the molecule is COc1cccc(C(=CCCCN(C=O)CCCCc2cccnc2)c2cccc(OC)c2)c1. The standard InChI is InChI=1S/C29H34N2O3/c1-33-27-14-7-12-25(20-27)29(26-13-8-15-28(21-26)34-2)16-4-6-19-31(23-32)18-5-3-10-24-11-9-17-30-22-24/h7-9,11-17,20-23H,3-6,10,18-19H2,1-2H3. The third kappa shape index (κ3) is 7.77. The molecule has 1 aromatic heterocycles. The Bertz CT molecular complexity index is 1000. The maximum absolute atomic E-state index is 11.6. The van der Waals surface area contributed by atoms with E-state index in [1.807, 2.05) is 53.6 Å². The van der Waals surface area contributed by atoms with E-state index in [-0.39, 0.29) is 0 Å². The van der Waals surface area contributed by atoms with Crippen LogP contribution in [0.1, 0.15) is 42.4 Å². The quantitative estimate of drug-likeness (QED) is 0.227. The average molecular weight is 459 g/mol. The number of pyridine rings is 1. The number of amides is 1. The molecule has 3 rings (SSSR count). The van der Waals surface area contributed by atoms with Gasteiger partial charge in [0.25, 0.3) is 0 Å². The van der Waals surface area contributed by atoms with E-state index in [1.54, 1.807) is 20.4 Å². The molecule has 0 aliphatic rings. The fourth-order valence-electron chi connectivity index (χ4n) is 3.93. The summed E-state index contributed by atoms with van der Waals surface area (Å²) >= 11 is 0. The fraction of sp³-hybridized carbons (Fsp3) is 0.310. The number of aromatic nitrogens is 1. The number of unbranched alkanes of at least 4 members (excludes halogenated alkanes) is 2. The number of hydrogen-bond donors (Lipinski definition) is 0. The Morgan fingerprint density at radius 2 is 1.56 bits per heavy atom. The highest BCUT2D eigenvalue weighted by Crippen LogP contribution is 2.29. The van der Waals surface area contributed by atoms with Crippen LogP contribution >= 0.6 is 0 Å². The molecule has 3 aromatic rings. The molecule has 0 saturated carbocycles. The number of nitrogens with zero attached hydrogens (tertiary/aromatic N) is 2. The van der Waals surface area contributed by atoms with E-state index in [0.29, 0.717) is 0 Å². The summed E-state index contributed by atoms with van der Waals surface area (Å²) in [6, 6.07) is 20.2. The monoisotopic (exact) mass is 458 g/mol. The molecule has 0 unspecified atom stereocenters. The van der Waals surface area contributed by atoms with Gasteiger partial charge in [0.05, 0.1) is 14.2 Å². The number of carbonyl (C=O) groups is 1. The lowest BCUT2D eigenvalue weighted by molar-refractivity contribution is -0.118. The van der Waals surface area contributed by atoms with E-state index < -0.39 is 0 Å². The van der Waals surface area contributed by atoms with Crippen LogP contribution < -0.4 is 9.47 Å². The lowest BCUT2D eigenvalue weighted by atomic mass is 9.96. The minimum absolute atomic E-state index is 0.746. The third-order valence-electron chi connectivity index (χ3n) is 5.79. The van der Waals surface area contributed by atoms with Crippen LogP contribution in [-0.4, -0.2) is 43.6 Å². The van der Waals surface area contributed by atoms with Gasteiger partial charge < -0.3 is 14.4 Å². The minimum atomic E-state index is 0.746. The Morgan fingerprint density at radius 1 is 0.882 bits per heavy atom. The van der Waals surface area contributed by atoms with E-state index >= 15 is 0 Å². The Morgan fingerprint density at radius 3 is 2.15 bits per heavy atom. The molecule has 5 heteroatoms. The van der Waals surface area contributed by atoms with E-state index in [2.05, 4.69) is 29.3 Å². The van der Waals surface area contributed by atoms with E-state index in [1.165, 1.54) is 5.56 Å². The smallest absolute Gasteiger partial charge is 0.209 e. The Labute approximate surface area is 203 Å². The minimum Gasteiger partial charge on any atom is -0.497 e. The van der Waals surface area contributed by atoms with Gasteiger partial charge in [-0.3, -0.25) is 9.78 Å². The summed E-state index contributed by atoms with van der Waals surface area (Å²) in [5, 5.41) is 0. The molecule has 0 bridgehead atoms. The number of hydrogen-bond acceptors (Lipinski definition) is 4. The summed E-state index contributed by atoms with van der Waals surface area (Å²) in [6.07, 6.45) is 11.7. The maximum atomic E-state index is 11.6. The van der Waals surface area contributed by atoms with Gasteiger partial charge in [0.15, 0.2) is 0 Å². The number of aryl methyl sites for hydroxylation is 1. The molecule has 178 valence electrons. The van der Waals surface area contributed by atoms with Crippen LogP contribution in [0.5, 0.6) is 11.5 Å². The molecule has 0 radical (unpaired) electrons. The van der Waals surface area contributed by atoms with Gasteiger partial charge in [0.2, 0.25) is 6.41 Å². The van der Waals surface area contributed by atoms with Gasteiger partial charge in [-0.1, -0.05) is 36.4 Å². The molecule has 0 fully saturated rings. The maximum Gasteiger partial charge on any atom is 0.209 e. The highest BCUT2D eigenvalue weighted by Gasteiger charge is 2.08. The number of methoxy groups -OCH3 is 2. The first-order valence-corrected chi connectivity index (χ1v) is 11.8. The van der Waals surface area contributed by atoms with Crippen molar-refractivity contribution in [2.24, 2.45) is 0 Å². The van der Waals surface area contributed by atoms with Crippen LogP contribution in [0.15, 0.2) is 79.1 Å². The van der Waals surface area contributed by atoms with Crippen molar-refractivity contribution in [2.45, 2.75) is 32.1 Å².